The van der Waals surface area contributed by atoms with E-state index >= 15 is 0 Å². The summed E-state index contributed by atoms with van der Waals surface area (Å²) in [7, 11) is 6.84. The van der Waals surface area contributed by atoms with Gasteiger partial charge in [-0.25, -0.2) is 4.79 Å². The molecule has 1 aromatic rings. The minimum Gasteiger partial charge on any atom is -0.465 e. The predicted octanol–water partition coefficient (Wildman–Crippen LogP) is 0.637. The van der Waals surface area contributed by atoms with Crippen molar-refractivity contribution in [3.63, 3.8) is 0 Å². The van der Waals surface area contributed by atoms with E-state index in [9.17, 15) is 4.79 Å². The first kappa shape index (κ1) is 8.33. The molecular weight excluding hydrogens is 159 g/mol. The van der Waals surface area contributed by atoms with Crippen LogP contribution in [0.1, 0.15) is 15.2 Å². The van der Waals surface area contributed by atoms with E-state index in [1.807, 2.05) is 6.92 Å². The number of ether oxygens (including phenoxy) is 1. The highest BCUT2D eigenvalue weighted by Crippen LogP contribution is 2.13. The summed E-state index contributed by atoms with van der Waals surface area (Å²) in [5, 5.41) is 0. The van der Waals surface area contributed by atoms with Gasteiger partial charge in [-0.05, 0) is 17.3 Å². The van der Waals surface area contributed by atoms with Crippen LogP contribution >= 0.6 is 11.3 Å². The van der Waals surface area contributed by atoms with Crippen LogP contribution in [0.3, 0.4) is 0 Å². The molecule has 0 N–H and O–H groups in total. The molecule has 0 atom stereocenters. The van der Waals surface area contributed by atoms with Gasteiger partial charge in [0.1, 0.15) is 12.7 Å². The van der Waals surface area contributed by atoms with Gasteiger partial charge in [0.05, 0.1) is 7.11 Å². The normalized spacial score (nSPS) is 9.64. The lowest BCUT2D eigenvalue weighted by molar-refractivity contribution is 0.0605. The first-order valence-corrected chi connectivity index (χ1v) is 3.91. The second-order valence-electron chi connectivity index (χ2n) is 2.15. The molecule has 0 bridgehead atoms. The molecule has 0 aliphatic rings. The highest BCUT2D eigenvalue weighted by atomic mass is 32.1. The lowest BCUT2D eigenvalue weighted by atomic mass is 10.1. The van der Waals surface area contributed by atoms with Crippen LogP contribution in [0.4, 0.5) is 0 Å². The summed E-state index contributed by atoms with van der Waals surface area (Å²) >= 11 is 1.25. The van der Waals surface area contributed by atoms with Crippen LogP contribution < -0.4 is 4.78 Å². The van der Waals surface area contributed by atoms with Crippen molar-refractivity contribution in [1.82, 2.24) is 0 Å². The standard InChI is InChI=1S/C7H7BO2S/c1-4-3-5(8)11-6(4)7(9)10-2/h3H,1-2H3. The molecule has 0 aliphatic heterocycles. The Morgan fingerprint density at radius 3 is 2.73 bits per heavy atom. The molecule has 56 valence electrons. The van der Waals surface area contributed by atoms with Crippen molar-refractivity contribution in [2.45, 2.75) is 6.92 Å². The van der Waals surface area contributed by atoms with Gasteiger partial charge in [0.2, 0.25) is 0 Å². The van der Waals surface area contributed by atoms with E-state index in [0.717, 1.165) is 5.56 Å². The number of esters is 1. The highest BCUT2D eigenvalue weighted by molar-refractivity contribution is 7.21. The zero-order valence-corrected chi connectivity index (χ0v) is 7.20. The summed E-state index contributed by atoms with van der Waals surface area (Å²) in [6, 6.07) is 1.76. The number of carbonyl (C=O) groups excluding carboxylic acids is 1. The van der Waals surface area contributed by atoms with E-state index < -0.39 is 0 Å². The number of methoxy groups -OCH3 is 1. The summed E-state index contributed by atoms with van der Waals surface area (Å²) in [4.78, 5) is 11.6. The maximum atomic E-state index is 11.0. The molecule has 1 heterocycles. The minimum atomic E-state index is -0.316. The van der Waals surface area contributed by atoms with Crippen LogP contribution in [0.2, 0.25) is 0 Å². The van der Waals surface area contributed by atoms with Crippen molar-refractivity contribution in [2.24, 2.45) is 0 Å². The molecule has 1 rings (SSSR count). The van der Waals surface area contributed by atoms with Crippen molar-refractivity contribution in [2.75, 3.05) is 7.11 Å². The number of rotatable bonds is 1. The van der Waals surface area contributed by atoms with E-state index in [1.165, 1.54) is 18.4 Å². The molecule has 0 unspecified atom stereocenters. The number of thiophene rings is 1. The van der Waals surface area contributed by atoms with Gasteiger partial charge >= 0.3 is 5.97 Å². The predicted molar refractivity (Wildman–Crippen MR) is 45.8 cm³/mol. The molecule has 0 spiro atoms. The molecule has 4 heteroatoms. The smallest absolute Gasteiger partial charge is 0.348 e. The van der Waals surface area contributed by atoms with Gasteiger partial charge in [-0.2, -0.15) is 0 Å². The fourth-order valence-electron chi connectivity index (χ4n) is 0.802. The van der Waals surface area contributed by atoms with Crippen LogP contribution in [0.25, 0.3) is 0 Å². The maximum Gasteiger partial charge on any atom is 0.348 e. The Labute approximate surface area is 70.6 Å². The monoisotopic (exact) mass is 166 g/mol. The molecule has 0 saturated heterocycles. The number of hydrogen-bond donors (Lipinski definition) is 0. The van der Waals surface area contributed by atoms with E-state index in [4.69, 9.17) is 7.85 Å². The fourth-order valence-corrected chi connectivity index (χ4v) is 1.66. The molecule has 0 saturated carbocycles. The van der Waals surface area contributed by atoms with Gasteiger partial charge in [-0.3, -0.25) is 0 Å². The quantitative estimate of drug-likeness (QED) is 0.452. The summed E-state index contributed by atoms with van der Waals surface area (Å²) < 4.78 is 5.19. The zero-order valence-electron chi connectivity index (χ0n) is 6.38. The van der Waals surface area contributed by atoms with Gasteiger partial charge in [-0.1, -0.05) is 6.07 Å². The van der Waals surface area contributed by atoms with Crippen LogP contribution in [-0.2, 0) is 4.74 Å². The second-order valence-corrected chi connectivity index (χ2v) is 3.24. The Morgan fingerprint density at radius 2 is 2.36 bits per heavy atom. The van der Waals surface area contributed by atoms with Crippen LogP contribution in [0, 0.1) is 6.92 Å². The van der Waals surface area contributed by atoms with E-state index in [2.05, 4.69) is 4.74 Å². The Hall–Kier alpha value is -0.765. The summed E-state index contributed by atoms with van der Waals surface area (Å²) in [6.07, 6.45) is 0. The largest absolute Gasteiger partial charge is 0.465 e. The van der Waals surface area contributed by atoms with Crippen LogP contribution in [-0.4, -0.2) is 20.9 Å². The Balaban J connectivity index is 3.03. The third-order valence-electron chi connectivity index (χ3n) is 1.31. The van der Waals surface area contributed by atoms with Crippen molar-refractivity contribution in [3.05, 3.63) is 16.5 Å². The highest BCUT2D eigenvalue weighted by Gasteiger charge is 2.10. The minimum absolute atomic E-state index is 0.316. The van der Waals surface area contributed by atoms with E-state index in [1.54, 1.807) is 6.07 Å². The number of aryl methyl sites for hydroxylation is 1. The summed E-state index contributed by atoms with van der Waals surface area (Å²) in [6.45, 7) is 1.83. The topological polar surface area (TPSA) is 26.3 Å². The van der Waals surface area contributed by atoms with Gasteiger partial charge in [-0.15, -0.1) is 11.3 Å². The van der Waals surface area contributed by atoms with Crippen LogP contribution in [0.5, 0.6) is 0 Å². The second kappa shape index (κ2) is 3.09. The zero-order chi connectivity index (χ0) is 8.43. The third kappa shape index (κ3) is 1.63. The SMILES string of the molecule is [B]c1cc(C)c(C(=O)OC)s1. The van der Waals surface area contributed by atoms with Gasteiger partial charge < -0.3 is 4.74 Å². The molecule has 0 amide bonds. The summed E-state index contributed by atoms with van der Waals surface area (Å²) in [5.74, 6) is -0.316. The van der Waals surface area contributed by atoms with Gasteiger partial charge in [0.15, 0.2) is 0 Å². The molecule has 1 aromatic heterocycles. The van der Waals surface area contributed by atoms with E-state index in [0.29, 0.717) is 9.65 Å². The first-order chi connectivity index (χ1) is 5.15. The van der Waals surface area contributed by atoms with Gasteiger partial charge in [0, 0.05) is 0 Å². The molecule has 2 radical (unpaired) electrons. The molecule has 0 aromatic carbocycles. The van der Waals surface area contributed by atoms with Crippen molar-refractivity contribution in [3.8, 4) is 0 Å². The van der Waals surface area contributed by atoms with E-state index in [-0.39, 0.29) is 5.97 Å². The number of carbonyl (C=O) groups is 1. The Morgan fingerprint density at radius 1 is 1.73 bits per heavy atom. The first-order valence-electron chi connectivity index (χ1n) is 3.09. The van der Waals surface area contributed by atoms with Crippen molar-refractivity contribution >= 4 is 29.9 Å². The molecule has 11 heavy (non-hydrogen) atoms. The Bertz CT molecular complexity index is 280. The average molecular weight is 166 g/mol. The maximum absolute atomic E-state index is 11.0. The fraction of sp³-hybridized carbons (Fsp3) is 0.286. The summed E-state index contributed by atoms with van der Waals surface area (Å²) in [5.41, 5.74) is 0.874. The lowest BCUT2D eigenvalue weighted by Crippen LogP contribution is -1.99. The third-order valence-corrected chi connectivity index (χ3v) is 2.35. The lowest BCUT2D eigenvalue weighted by Gasteiger charge is -1.94. The molecule has 2 nitrogen and oxygen atoms in total. The van der Waals surface area contributed by atoms with Crippen LogP contribution in [0.15, 0.2) is 6.07 Å². The molecular formula is C7H7BO2S. The van der Waals surface area contributed by atoms with Gasteiger partial charge in [0.25, 0.3) is 0 Å². The van der Waals surface area contributed by atoms with Crippen molar-refractivity contribution in [1.29, 1.82) is 0 Å². The average Bonchev–Trinajstić information content (AvgIpc) is 2.28. The number of hydrogen-bond acceptors (Lipinski definition) is 3. The van der Waals surface area contributed by atoms with Crippen molar-refractivity contribution < 1.29 is 9.53 Å². The molecule has 0 aliphatic carbocycles. The molecule has 0 fully saturated rings. The Kier molecular flexibility index (Phi) is 2.34.